The van der Waals surface area contributed by atoms with Crippen LogP contribution in [-0.2, 0) is 11.2 Å². The Balaban J connectivity index is 1.29. The quantitative estimate of drug-likeness (QED) is 0.659. The minimum absolute atomic E-state index is 0.206. The molecule has 1 N–H and O–H groups in total. The average Bonchev–Trinajstić information content (AvgIpc) is 3.31. The van der Waals surface area contributed by atoms with Gasteiger partial charge in [0, 0.05) is 19.2 Å². The summed E-state index contributed by atoms with van der Waals surface area (Å²) in [4.78, 5) is 14.3. The van der Waals surface area contributed by atoms with Crippen molar-refractivity contribution >= 4 is 18.0 Å². The Morgan fingerprint density at radius 1 is 1.12 bits per heavy atom. The lowest BCUT2D eigenvalue weighted by atomic mass is 10.1. The van der Waals surface area contributed by atoms with Crippen LogP contribution in [0.25, 0.3) is 0 Å². The molecule has 26 heavy (non-hydrogen) atoms. The first-order chi connectivity index (χ1) is 12.8. The lowest BCUT2D eigenvalue weighted by Gasteiger charge is -2.25. The summed E-state index contributed by atoms with van der Waals surface area (Å²) in [5.41, 5.74) is 3.36. The molecule has 0 radical (unpaired) electrons. The van der Waals surface area contributed by atoms with Crippen LogP contribution in [0, 0.1) is 0 Å². The van der Waals surface area contributed by atoms with Crippen LogP contribution in [0.5, 0.6) is 11.5 Å². The highest BCUT2D eigenvalue weighted by Gasteiger charge is 2.15. The summed E-state index contributed by atoms with van der Waals surface area (Å²) in [5, 5.41) is 3.98. The van der Waals surface area contributed by atoms with E-state index in [-0.39, 0.29) is 19.1 Å². The Morgan fingerprint density at radius 3 is 2.85 bits per heavy atom. The maximum atomic E-state index is 12.0. The van der Waals surface area contributed by atoms with Crippen LogP contribution >= 0.6 is 0 Å². The van der Waals surface area contributed by atoms with Crippen molar-refractivity contribution in [2.24, 2.45) is 5.10 Å². The van der Waals surface area contributed by atoms with E-state index in [4.69, 9.17) is 13.9 Å². The van der Waals surface area contributed by atoms with E-state index in [9.17, 15) is 4.79 Å². The SMILES string of the molecule is O=C(Cc1ccc2c(c1)OCO2)N/N=C/c1ccc(N2CCCCC2)o1. The van der Waals surface area contributed by atoms with Crippen molar-refractivity contribution in [3.05, 3.63) is 41.7 Å². The Kier molecular flexibility index (Phi) is 4.77. The molecule has 0 aliphatic carbocycles. The Morgan fingerprint density at radius 2 is 1.96 bits per heavy atom. The molecule has 1 fully saturated rings. The third kappa shape index (κ3) is 3.82. The van der Waals surface area contributed by atoms with Crippen LogP contribution in [0.1, 0.15) is 30.6 Å². The van der Waals surface area contributed by atoms with E-state index in [0.29, 0.717) is 17.3 Å². The maximum absolute atomic E-state index is 12.0. The van der Waals surface area contributed by atoms with Gasteiger partial charge in [-0.3, -0.25) is 4.79 Å². The number of hydrogen-bond donors (Lipinski definition) is 1. The third-order valence-electron chi connectivity index (χ3n) is 4.46. The number of piperidine rings is 1. The second-order valence-corrected chi connectivity index (χ2v) is 6.38. The Hall–Kier alpha value is -2.96. The van der Waals surface area contributed by atoms with Crippen LogP contribution in [0.3, 0.4) is 0 Å². The number of furan rings is 1. The predicted octanol–water partition coefficient (Wildman–Crippen LogP) is 2.69. The molecule has 1 amide bonds. The van der Waals surface area contributed by atoms with Gasteiger partial charge in [0.05, 0.1) is 12.6 Å². The molecular weight excluding hydrogens is 334 g/mol. The molecule has 0 atom stereocenters. The van der Waals surface area contributed by atoms with Crippen molar-refractivity contribution in [3.63, 3.8) is 0 Å². The smallest absolute Gasteiger partial charge is 0.244 e. The molecule has 3 heterocycles. The average molecular weight is 355 g/mol. The summed E-state index contributed by atoms with van der Waals surface area (Å²) in [7, 11) is 0. The van der Waals surface area contributed by atoms with Crippen molar-refractivity contribution in [3.8, 4) is 11.5 Å². The molecule has 7 nitrogen and oxygen atoms in total. The van der Waals surface area contributed by atoms with E-state index >= 15 is 0 Å². The zero-order valence-corrected chi connectivity index (χ0v) is 14.4. The molecule has 1 aromatic carbocycles. The first kappa shape index (κ1) is 16.5. The van der Waals surface area contributed by atoms with Gasteiger partial charge in [0.2, 0.25) is 12.7 Å². The van der Waals surface area contributed by atoms with E-state index < -0.39 is 0 Å². The van der Waals surface area contributed by atoms with Gasteiger partial charge < -0.3 is 18.8 Å². The van der Waals surface area contributed by atoms with Crippen LogP contribution in [0.2, 0.25) is 0 Å². The minimum Gasteiger partial charge on any atom is -0.454 e. The van der Waals surface area contributed by atoms with Gasteiger partial charge in [0.25, 0.3) is 0 Å². The number of carbonyl (C=O) groups is 1. The van der Waals surface area contributed by atoms with E-state index in [1.807, 2.05) is 24.3 Å². The summed E-state index contributed by atoms with van der Waals surface area (Å²) in [5.74, 6) is 2.64. The number of hydrogen-bond acceptors (Lipinski definition) is 6. The van der Waals surface area contributed by atoms with Gasteiger partial charge in [-0.15, -0.1) is 0 Å². The molecule has 136 valence electrons. The molecule has 2 aliphatic heterocycles. The van der Waals surface area contributed by atoms with Crippen LogP contribution < -0.4 is 19.8 Å². The maximum Gasteiger partial charge on any atom is 0.244 e. The lowest BCUT2D eigenvalue weighted by Crippen LogP contribution is -2.28. The summed E-state index contributed by atoms with van der Waals surface area (Å²) in [6, 6.07) is 9.26. The monoisotopic (exact) mass is 355 g/mol. The number of fused-ring (bicyclic) bond motifs is 1. The van der Waals surface area contributed by atoms with Crippen molar-refractivity contribution in [2.75, 3.05) is 24.8 Å². The standard InChI is InChI=1S/C19H21N3O4/c23-18(11-14-4-6-16-17(10-14)25-13-24-16)21-20-12-15-5-7-19(26-15)22-8-2-1-3-9-22/h4-7,10,12H,1-3,8-9,11,13H2,(H,21,23)/b20-12+. The molecule has 1 saturated heterocycles. The van der Waals surface area contributed by atoms with Crippen molar-refractivity contribution in [1.29, 1.82) is 0 Å². The molecule has 0 bridgehead atoms. The fourth-order valence-electron chi connectivity index (χ4n) is 3.14. The number of amides is 1. The fourth-order valence-corrected chi connectivity index (χ4v) is 3.14. The third-order valence-corrected chi connectivity index (χ3v) is 4.46. The number of benzene rings is 1. The molecule has 0 saturated carbocycles. The van der Waals surface area contributed by atoms with Gasteiger partial charge in [0.15, 0.2) is 17.4 Å². The topological polar surface area (TPSA) is 76.3 Å². The molecule has 0 spiro atoms. The Labute approximate surface area is 151 Å². The van der Waals surface area contributed by atoms with Gasteiger partial charge in [-0.05, 0) is 43.0 Å². The van der Waals surface area contributed by atoms with Gasteiger partial charge in [-0.2, -0.15) is 5.10 Å². The summed E-state index contributed by atoms with van der Waals surface area (Å²) >= 11 is 0. The van der Waals surface area contributed by atoms with Gasteiger partial charge >= 0.3 is 0 Å². The molecule has 1 aromatic heterocycles. The normalized spacial score (nSPS) is 16.2. The molecule has 2 aliphatic rings. The van der Waals surface area contributed by atoms with E-state index in [1.54, 1.807) is 6.07 Å². The number of anilines is 1. The first-order valence-corrected chi connectivity index (χ1v) is 8.83. The largest absolute Gasteiger partial charge is 0.454 e. The number of nitrogens with one attached hydrogen (secondary N) is 1. The van der Waals surface area contributed by atoms with Crippen LogP contribution in [0.15, 0.2) is 39.9 Å². The predicted molar refractivity (Wildman–Crippen MR) is 96.8 cm³/mol. The van der Waals surface area contributed by atoms with Gasteiger partial charge in [-0.1, -0.05) is 6.07 Å². The van der Waals surface area contributed by atoms with Gasteiger partial charge in [0.1, 0.15) is 5.76 Å². The summed E-state index contributed by atoms with van der Waals surface area (Å²) in [6.07, 6.45) is 5.40. The lowest BCUT2D eigenvalue weighted by molar-refractivity contribution is -0.120. The summed E-state index contributed by atoms with van der Waals surface area (Å²) in [6.45, 7) is 2.27. The number of carbonyl (C=O) groups excluding carboxylic acids is 1. The highest BCUT2D eigenvalue weighted by Crippen LogP contribution is 2.32. The van der Waals surface area contributed by atoms with Crippen molar-refractivity contribution in [2.45, 2.75) is 25.7 Å². The van der Waals surface area contributed by atoms with Gasteiger partial charge in [-0.25, -0.2) is 5.43 Å². The molecular formula is C19H21N3O4. The second-order valence-electron chi connectivity index (χ2n) is 6.38. The summed E-state index contributed by atoms with van der Waals surface area (Å²) < 4.78 is 16.3. The molecule has 0 unspecified atom stereocenters. The fraction of sp³-hybridized carbons (Fsp3) is 0.368. The molecule has 7 heteroatoms. The highest BCUT2D eigenvalue weighted by atomic mass is 16.7. The van der Waals surface area contributed by atoms with E-state index in [1.165, 1.54) is 25.5 Å². The number of ether oxygens (including phenoxy) is 2. The van der Waals surface area contributed by atoms with E-state index in [2.05, 4.69) is 15.4 Å². The van der Waals surface area contributed by atoms with Crippen LogP contribution in [-0.4, -0.2) is 32.0 Å². The van der Waals surface area contributed by atoms with Crippen LogP contribution in [0.4, 0.5) is 5.88 Å². The zero-order valence-electron chi connectivity index (χ0n) is 14.4. The highest BCUT2D eigenvalue weighted by molar-refractivity contribution is 5.82. The number of rotatable bonds is 5. The second kappa shape index (κ2) is 7.51. The van der Waals surface area contributed by atoms with Crippen molar-refractivity contribution in [1.82, 2.24) is 5.43 Å². The molecule has 4 rings (SSSR count). The minimum atomic E-state index is -0.206. The zero-order chi connectivity index (χ0) is 17.8. The Bertz CT molecular complexity index is 809. The van der Waals surface area contributed by atoms with E-state index in [0.717, 1.165) is 24.5 Å². The first-order valence-electron chi connectivity index (χ1n) is 8.83. The molecule has 2 aromatic rings. The number of nitrogens with zero attached hydrogens (tertiary/aromatic N) is 2. The number of hydrazone groups is 1. The van der Waals surface area contributed by atoms with Crippen molar-refractivity contribution < 1.29 is 18.7 Å².